The Labute approximate surface area is 189 Å². The number of para-hydroxylation sites is 2. The van der Waals surface area contributed by atoms with Gasteiger partial charge in [0.2, 0.25) is 5.91 Å². The molecule has 1 amide bonds. The highest BCUT2D eigenvalue weighted by atomic mass is 32.1. The maximum Gasteiger partial charge on any atom is 0.292 e. The molecule has 1 unspecified atom stereocenters. The standard InChI is InChI=1S/C23H23FN4O3S/c24-18-9-7-17(8-10-18)23(21-6-3-15-32-21)25-22(29)16-26-11-13-27(14-12-26)19-4-1-2-5-20(19)28(30)31/h1-10,15,23H,11-14,16H2,(H,25,29). The third-order valence-electron chi connectivity index (χ3n) is 5.49. The Morgan fingerprint density at radius 2 is 1.78 bits per heavy atom. The fourth-order valence-electron chi connectivity index (χ4n) is 3.87. The van der Waals surface area contributed by atoms with Gasteiger partial charge in [-0.25, -0.2) is 4.39 Å². The van der Waals surface area contributed by atoms with Crippen molar-refractivity contribution in [2.75, 3.05) is 37.6 Å². The summed E-state index contributed by atoms with van der Waals surface area (Å²) in [6, 6.07) is 16.4. The van der Waals surface area contributed by atoms with E-state index in [2.05, 4.69) is 5.32 Å². The minimum absolute atomic E-state index is 0.0942. The molecule has 3 aromatic rings. The molecule has 1 fully saturated rings. The first-order chi connectivity index (χ1) is 15.5. The molecule has 0 radical (unpaired) electrons. The van der Waals surface area contributed by atoms with Crippen molar-refractivity contribution in [1.82, 2.24) is 10.2 Å². The molecule has 4 rings (SSSR count). The summed E-state index contributed by atoms with van der Waals surface area (Å²) in [7, 11) is 0. The predicted molar refractivity (Wildman–Crippen MR) is 122 cm³/mol. The highest BCUT2D eigenvalue weighted by Crippen LogP contribution is 2.29. The fourth-order valence-corrected chi connectivity index (χ4v) is 4.67. The number of halogens is 1. The van der Waals surface area contributed by atoms with Gasteiger partial charge in [0.15, 0.2) is 0 Å². The van der Waals surface area contributed by atoms with Crippen LogP contribution in [-0.4, -0.2) is 48.5 Å². The van der Waals surface area contributed by atoms with E-state index in [-0.39, 0.29) is 34.9 Å². The van der Waals surface area contributed by atoms with Crippen LogP contribution in [0.5, 0.6) is 0 Å². The van der Waals surface area contributed by atoms with Crippen molar-refractivity contribution in [2.24, 2.45) is 0 Å². The van der Waals surface area contributed by atoms with Gasteiger partial charge >= 0.3 is 0 Å². The Bertz CT molecular complexity index is 1070. The molecule has 1 aliphatic heterocycles. The van der Waals surface area contributed by atoms with E-state index in [0.717, 1.165) is 10.4 Å². The van der Waals surface area contributed by atoms with Crippen LogP contribution in [0, 0.1) is 15.9 Å². The smallest absolute Gasteiger partial charge is 0.292 e. The third kappa shape index (κ3) is 5.12. The van der Waals surface area contributed by atoms with Crippen LogP contribution in [0.1, 0.15) is 16.5 Å². The molecule has 0 bridgehead atoms. The van der Waals surface area contributed by atoms with Crippen molar-refractivity contribution >= 4 is 28.6 Å². The van der Waals surface area contributed by atoms with E-state index < -0.39 is 0 Å². The number of nitrogens with zero attached hydrogens (tertiary/aromatic N) is 3. The maximum absolute atomic E-state index is 13.4. The maximum atomic E-state index is 13.4. The number of piperazine rings is 1. The van der Waals surface area contributed by atoms with Crippen molar-refractivity contribution < 1.29 is 14.1 Å². The first-order valence-corrected chi connectivity index (χ1v) is 11.2. The summed E-state index contributed by atoms with van der Waals surface area (Å²) in [5, 5.41) is 16.3. The minimum Gasteiger partial charge on any atom is -0.363 e. The Morgan fingerprint density at radius 1 is 1.06 bits per heavy atom. The molecule has 32 heavy (non-hydrogen) atoms. The second kappa shape index (κ2) is 9.88. The van der Waals surface area contributed by atoms with Crippen LogP contribution in [0.3, 0.4) is 0 Å². The van der Waals surface area contributed by atoms with Gasteiger partial charge in [-0.3, -0.25) is 19.8 Å². The van der Waals surface area contributed by atoms with Crippen LogP contribution >= 0.6 is 11.3 Å². The molecule has 2 heterocycles. The van der Waals surface area contributed by atoms with Crippen LogP contribution in [0.2, 0.25) is 0 Å². The summed E-state index contributed by atoms with van der Waals surface area (Å²) in [4.78, 5) is 28.8. The predicted octanol–water partition coefficient (Wildman–Crippen LogP) is 3.82. The lowest BCUT2D eigenvalue weighted by atomic mass is 10.1. The van der Waals surface area contributed by atoms with Gasteiger partial charge in [0.25, 0.3) is 5.69 Å². The molecule has 2 aromatic carbocycles. The van der Waals surface area contributed by atoms with Gasteiger partial charge in [-0.1, -0.05) is 30.3 Å². The van der Waals surface area contributed by atoms with Gasteiger partial charge in [0, 0.05) is 37.1 Å². The number of carbonyl (C=O) groups excluding carboxylic acids is 1. The molecule has 0 spiro atoms. The molecule has 1 N–H and O–H groups in total. The van der Waals surface area contributed by atoms with E-state index in [0.29, 0.717) is 31.9 Å². The number of hydrogen-bond acceptors (Lipinski definition) is 6. The van der Waals surface area contributed by atoms with Gasteiger partial charge in [0.05, 0.1) is 17.5 Å². The number of benzene rings is 2. The molecule has 7 nitrogen and oxygen atoms in total. The lowest BCUT2D eigenvalue weighted by molar-refractivity contribution is -0.384. The lowest BCUT2D eigenvalue weighted by Gasteiger charge is -2.35. The summed E-state index contributed by atoms with van der Waals surface area (Å²) >= 11 is 1.54. The Kier molecular flexibility index (Phi) is 6.77. The second-order valence-corrected chi connectivity index (χ2v) is 8.56. The SMILES string of the molecule is O=C(CN1CCN(c2ccccc2[N+](=O)[O-])CC1)NC(c1ccc(F)cc1)c1cccs1. The fraction of sp³-hybridized carbons (Fsp3) is 0.261. The summed E-state index contributed by atoms with van der Waals surface area (Å²) in [6.45, 7) is 2.68. The average Bonchev–Trinajstić information content (AvgIpc) is 3.33. The number of rotatable bonds is 7. The van der Waals surface area contributed by atoms with Crippen LogP contribution < -0.4 is 10.2 Å². The van der Waals surface area contributed by atoms with E-state index in [1.165, 1.54) is 29.5 Å². The van der Waals surface area contributed by atoms with Crippen molar-refractivity contribution in [3.05, 3.63) is 92.4 Å². The Balaban J connectivity index is 1.37. The zero-order valence-electron chi connectivity index (χ0n) is 17.3. The topological polar surface area (TPSA) is 78.7 Å². The van der Waals surface area contributed by atoms with Gasteiger partial charge in [-0.2, -0.15) is 0 Å². The van der Waals surface area contributed by atoms with Crippen molar-refractivity contribution in [3.8, 4) is 0 Å². The first-order valence-electron chi connectivity index (χ1n) is 10.3. The van der Waals surface area contributed by atoms with Crippen molar-refractivity contribution in [1.29, 1.82) is 0 Å². The average molecular weight is 455 g/mol. The van der Waals surface area contributed by atoms with E-state index in [1.54, 1.807) is 30.3 Å². The largest absolute Gasteiger partial charge is 0.363 e. The normalized spacial score (nSPS) is 15.3. The van der Waals surface area contributed by atoms with Gasteiger partial charge in [-0.15, -0.1) is 11.3 Å². The van der Waals surface area contributed by atoms with Gasteiger partial charge < -0.3 is 10.2 Å². The van der Waals surface area contributed by atoms with Gasteiger partial charge in [0.1, 0.15) is 11.5 Å². The van der Waals surface area contributed by atoms with Crippen LogP contribution in [0.15, 0.2) is 66.0 Å². The molecular weight excluding hydrogens is 431 g/mol. The second-order valence-electron chi connectivity index (χ2n) is 7.58. The Hall–Kier alpha value is -3.30. The van der Waals surface area contributed by atoms with Crippen molar-refractivity contribution in [2.45, 2.75) is 6.04 Å². The van der Waals surface area contributed by atoms with E-state index in [1.807, 2.05) is 27.3 Å². The van der Waals surface area contributed by atoms with E-state index in [9.17, 15) is 19.3 Å². The highest BCUT2D eigenvalue weighted by Gasteiger charge is 2.25. The lowest BCUT2D eigenvalue weighted by Crippen LogP contribution is -2.50. The summed E-state index contributed by atoms with van der Waals surface area (Å²) in [6.07, 6.45) is 0. The summed E-state index contributed by atoms with van der Waals surface area (Å²) in [5.74, 6) is -0.437. The Morgan fingerprint density at radius 3 is 2.44 bits per heavy atom. The highest BCUT2D eigenvalue weighted by molar-refractivity contribution is 7.10. The molecule has 1 saturated heterocycles. The zero-order chi connectivity index (χ0) is 22.5. The number of nitro benzene ring substituents is 1. The summed E-state index contributed by atoms with van der Waals surface area (Å²) < 4.78 is 13.4. The molecule has 0 saturated carbocycles. The minimum atomic E-state index is -0.366. The molecule has 1 atom stereocenters. The van der Waals surface area contributed by atoms with Crippen LogP contribution in [0.4, 0.5) is 15.8 Å². The number of hydrogen-bond donors (Lipinski definition) is 1. The van der Waals surface area contributed by atoms with E-state index in [4.69, 9.17) is 0 Å². The van der Waals surface area contributed by atoms with Gasteiger partial charge in [-0.05, 0) is 35.2 Å². The molecule has 1 aromatic heterocycles. The number of thiophene rings is 1. The van der Waals surface area contributed by atoms with E-state index >= 15 is 0 Å². The quantitative estimate of drug-likeness (QED) is 0.434. The third-order valence-corrected chi connectivity index (χ3v) is 6.43. The number of carbonyl (C=O) groups is 1. The number of nitrogens with one attached hydrogen (secondary N) is 1. The van der Waals surface area contributed by atoms with Crippen LogP contribution in [-0.2, 0) is 4.79 Å². The molecule has 9 heteroatoms. The molecule has 166 valence electrons. The zero-order valence-corrected chi connectivity index (χ0v) is 18.1. The molecular formula is C23H23FN4O3S. The monoisotopic (exact) mass is 454 g/mol. The summed E-state index contributed by atoms with van der Waals surface area (Å²) in [5.41, 5.74) is 1.52. The number of amides is 1. The molecule has 0 aliphatic carbocycles. The number of nitro groups is 1. The van der Waals surface area contributed by atoms with Crippen LogP contribution in [0.25, 0.3) is 0 Å². The number of anilines is 1. The molecule has 1 aliphatic rings. The van der Waals surface area contributed by atoms with Crippen molar-refractivity contribution in [3.63, 3.8) is 0 Å². The first kappa shape index (κ1) is 21.9.